The van der Waals surface area contributed by atoms with Gasteiger partial charge in [0.25, 0.3) is 0 Å². The lowest BCUT2D eigenvalue weighted by Crippen LogP contribution is -2.22. The quantitative estimate of drug-likeness (QED) is 0.150. The average molecular weight is 1010 g/mol. The Kier molecular flexibility index (Phi) is 11.7. The first kappa shape index (κ1) is 48.6. The fourth-order valence-corrected chi connectivity index (χ4v) is 11.0. The van der Waals surface area contributed by atoms with Gasteiger partial charge in [-0.15, -0.1) is 0 Å². The molecule has 11 rings (SSSR count). The van der Waals surface area contributed by atoms with E-state index in [-0.39, 0.29) is 54.9 Å². The average Bonchev–Trinajstić information content (AvgIpc) is 3.54. The van der Waals surface area contributed by atoms with E-state index in [1.54, 1.807) is 61.5 Å². The maximum Gasteiger partial charge on any atom is 0.416 e. The van der Waals surface area contributed by atoms with Crippen molar-refractivity contribution in [1.82, 2.24) is 4.90 Å². The van der Waals surface area contributed by atoms with Gasteiger partial charge in [-0.25, -0.2) is 0 Å². The van der Waals surface area contributed by atoms with E-state index in [2.05, 4.69) is 4.90 Å². The standard InChI is InChI=1S/C61H39F12N/c1-2-46-51(40-23-42(58(62,63)64)29-43(24-40)59(65,66)67)27-36-13-5-9-17-49(36)56(46)57-50-18-10-6-14-37(50)28-52(41-25-44(60(68,69)70)30-45(26-41)61(71,72)73)53(57)33-74-31-38-21-19-34-11-3-7-15-47(34)54(38)55-39(32-74)22-20-35-12-4-8-16-48(35)55/h3-30H,2,31-33H2,1H3. The fraction of sp³-hybridized carbons (Fsp3) is 0.148. The maximum absolute atomic E-state index is 14.8. The Labute approximate surface area is 415 Å². The van der Waals surface area contributed by atoms with E-state index < -0.39 is 52.5 Å². The molecule has 372 valence electrons. The molecular weight excluding hydrogens is 975 g/mol. The van der Waals surface area contributed by atoms with Crippen LogP contribution in [-0.2, 0) is 50.8 Å². The third-order valence-corrected chi connectivity index (χ3v) is 14.2. The Morgan fingerprint density at radius 1 is 0.351 bits per heavy atom. The number of alkyl halides is 12. The Balaban J connectivity index is 1.26. The zero-order chi connectivity index (χ0) is 52.1. The van der Waals surface area contributed by atoms with Crippen molar-refractivity contribution in [3.8, 4) is 44.5 Å². The van der Waals surface area contributed by atoms with Crippen LogP contribution in [0.25, 0.3) is 87.6 Å². The summed E-state index contributed by atoms with van der Waals surface area (Å²) in [6.45, 7) is 2.09. The van der Waals surface area contributed by atoms with Crippen LogP contribution in [0.5, 0.6) is 0 Å². The molecule has 0 spiro atoms. The van der Waals surface area contributed by atoms with Crippen LogP contribution in [0.3, 0.4) is 0 Å². The number of fused-ring (bicyclic) bond motifs is 9. The second kappa shape index (κ2) is 17.8. The first-order valence-electron chi connectivity index (χ1n) is 23.6. The summed E-state index contributed by atoms with van der Waals surface area (Å²) in [6, 6.07) is 43.4. The van der Waals surface area contributed by atoms with Gasteiger partial charge in [-0.3, -0.25) is 4.90 Å². The number of benzene rings is 10. The number of halogens is 12. The number of rotatable bonds is 6. The smallest absolute Gasteiger partial charge is 0.290 e. The number of hydrogen-bond donors (Lipinski definition) is 0. The van der Waals surface area contributed by atoms with Gasteiger partial charge in [-0.05, 0) is 165 Å². The van der Waals surface area contributed by atoms with Crippen molar-refractivity contribution >= 4 is 43.1 Å². The van der Waals surface area contributed by atoms with E-state index in [4.69, 9.17) is 0 Å². The zero-order valence-corrected chi connectivity index (χ0v) is 39.0. The van der Waals surface area contributed by atoms with Gasteiger partial charge in [0.1, 0.15) is 0 Å². The largest absolute Gasteiger partial charge is 0.416 e. The zero-order valence-electron chi connectivity index (χ0n) is 39.0. The molecule has 0 bridgehead atoms. The van der Waals surface area contributed by atoms with Gasteiger partial charge in [0.05, 0.1) is 22.3 Å². The van der Waals surface area contributed by atoms with Gasteiger partial charge in [-0.2, -0.15) is 52.7 Å². The molecule has 0 atom stereocenters. The third-order valence-electron chi connectivity index (χ3n) is 14.2. The molecule has 0 saturated heterocycles. The fourth-order valence-electron chi connectivity index (χ4n) is 11.0. The van der Waals surface area contributed by atoms with E-state index in [0.29, 0.717) is 68.1 Å². The molecule has 1 heterocycles. The molecule has 10 aromatic rings. The van der Waals surface area contributed by atoms with Crippen molar-refractivity contribution in [2.45, 2.75) is 57.7 Å². The molecule has 74 heavy (non-hydrogen) atoms. The van der Waals surface area contributed by atoms with Crippen LogP contribution in [0.2, 0.25) is 0 Å². The van der Waals surface area contributed by atoms with E-state index >= 15 is 0 Å². The van der Waals surface area contributed by atoms with Crippen molar-refractivity contribution in [1.29, 1.82) is 0 Å². The van der Waals surface area contributed by atoms with E-state index in [1.165, 1.54) is 6.07 Å². The predicted molar refractivity (Wildman–Crippen MR) is 267 cm³/mol. The Morgan fingerprint density at radius 3 is 1.04 bits per heavy atom. The van der Waals surface area contributed by atoms with Gasteiger partial charge in [0.2, 0.25) is 0 Å². The molecule has 10 aromatic carbocycles. The number of nitrogens with zero attached hydrogens (tertiary/aromatic N) is 1. The third kappa shape index (κ3) is 8.70. The minimum atomic E-state index is -5.21. The van der Waals surface area contributed by atoms with Crippen LogP contribution in [0.4, 0.5) is 52.7 Å². The van der Waals surface area contributed by atoms with Crippen LogP contribution < -0.4 is 0 Å². The summed E-state index contributed by atoms with van der Waals surface area (Å²) in [7, 11) is 0. The molecule has 0 radical (unpaired) electrons. The molecule has 1 aliphatic rings. The summed E-state index contributed by atoms with van der Waals surface area (Å²) in [6.07, 6.45) is -20.7. The summed E-state index contributed by atoms with van der Waals surface area (Å²) in [5.74, 6) is 0. The Bertz CT molecular complexity index is 3730. The van der Waals surface area contributed by atoms with Crippen LogP contribution in [0.15, 0.2) is 170 Å². The molecule has 1 aliphatic heterocycles. The number of hydrogen-bond acceptors (Lipinski definition) is 1. The highest BCUT2D eigenvalue weighted by atomic mass is 19.4. The summed E-state index contributed by atoms with van der Waals surface area (Å²) in [4.78, 5) is 2.07. The van der Waals surface area contributed by atoms with Gasteiger partial charge in [0.15, 0.2) is 0 Å². The maximum atomic E-state index is 14.8. The highest BCUT2D eigenvalue weighted by molar-refractivity contribution is 6.12. The minimum Gasteiger partial charge on any atom is -0.290 e. The summed E-state index contributed by atoms with van der Waals surface area (Å²) in [5.41, 5.74) is -1.82. The van der Waals surface area contributed by atoms with Crippen LogP contribution >= 0.6 is 0 Å². The molecule has 0 N–H and O–H groups in total. The van der Waals surface area contributed by atoms with Crippen LogP contribution in [0.1, 0.15) is 51.4 Å². The van der Waals surface area contributed by atoms with Crippen molar-refractivity contribution in [2.24, 2.45) is 0 Å². The Hall–Kier alpha value is -7.64. The topological polar surface area (TPSA) is 3.24 Å². The lowest BCUT2D eigenvalue weighted by molar-refractivity contribution is -0.144. The molecule has 0 aliphatic carbocycles. The first-order valence-corrected chi connectivity index (χ1v) is 23.6. The van der Waals surface area contributed by atoms with Crippen molar-refractivity contribution in [3.05, 3.63) is 214 Å². The van der Waals surface area contributed by atoms with E-state index in [9.17, 15) is 52.7 Å². The van der Waals surface area contributed by atoms with Crippen LogP contribution in [0, 0.1) is 0 Å². The first-order chi connectivity index (χ1) is 35.2. The van der Waals surface area contributed by atoms with E-state index in [1.807, 2.05) is 72.8 Å². The second-order valence-corrected chi connectivity index (χ2v) is 18.7. The highest BCUT2D eigenvalue weighted by Gasteiger charge is 2.40. The molecule has 13 heteroatoms. The lowest BCUT2D eigenvalue weighted by Gasteiger charge is -2.28. The van der Waals surface area contributed by atoms with Gasteiger partial charge >= 0.3 is 24.7 Å². The predicted octanol–water partition coefficient (Wildman–Crippen LogP) is 19.1. The molecular formula is C61H39F12N. The molecule has 0 saturated carbocycles. The molecule has 0 aromatic heterocycles. The molecule has 1 nitrogen and oxygen atoms in total. The van der Waals surface area contributed by atoms with Gasteiger partial charge in [-0.1, -0.05) is 128 Å². The molecule has 0 fully saturated rings. The highest BCUT2D eigenvalue weighted by Crippen LogP contribution is 2.50. The van der Waals surface area contributed by atoms with Gasteiger partial charge < -0.3 is 0 Å². The minimum absolute atomic E-state index is 0.0204. The summed E-state index contributed by atoms with van der Waals surface area (Å²) in [5, 5.41) is 5.72. The lowest BCUT2D eigenvalue weighted by atomic mass is 9.80. The van der Waals surface area contributed by atoms with Crippen molar-refractivity contribution < 1.29 is 52.7 Å². The normalized spacial score (nSPS) is 13.7. The summed E-state index contributed by atoms with van der Waals surface area (Å²) < 4.78 is 176. The molecule has 0 amide bonds. The van der Waals surface area contributed by atoms with Crippen LogP contribution in [-0.4, -0.2) is 4.90 Å². The summed E-state index contributed by atoms with van der Waals surface area (Å²) >= 11 is 0. The van der Waals surface area contributed by atoms with Crippen molar-refractivity contribution in [2.75, 3.05) is 0 Å². The molecule has 0 unspecified atom stereocenters. The SMILES string of the molecule is CCc1c(-c2cc(C(F)(F)F)cc(C(F)(F)F)c2)cc2ccccc2c1-c1c(CN2Cc3ccc4ccccc4c3-c3c(ccc4ccccc34)C2)c(-c2cc(C(F)(F)F)cc(C(F)(F)F)c2)cc2ccccc12. The Morgan fingerprint density at radius 2 is 0.676 bits per heavy atom. The second-order valence-electron chi connectivity index (χ2n) is 18.7. The van der Waals surface area contributed by atoms with E-state index in [0.717, 1.165) is 43.8 Å². The monoisotopic (exact) mass is 1010 g/mol. The van der Waals surface area contributed by atoms with Crippen molar-refractivity contribution in [3.63, 3.8) is 0 Å². The van der Waals surface area contributed by atoms with Gasteiger partial charge in [0, 0.05) is 19.6 Å².